The molecule has 1 aromatic rings. The summed E-state index contributed by atoms with van der Waals surface area (Å²) < 4.78 is 6.12. The summed E-state index contributed by atoms with van der Waals surface area (Å²) in [4.78, 5) is 0. The van der Waals surface area contributed by atoms with Crippen LogP contribution in [-0.4, -0.2) is 19.8 Å². The molecule has 0 saturated carbocycles. The lowest BCUT2D eigenvalue weighted by Gasteiger charge is -2.11. The van der Waals surface area contributed by atoms with Gasteiger partial charge in [-0.3, -0.25) is 0 Å². The van der Waals surface area contributed by atoms with Gasteiger partial charge in [0.05, 0.1) is 0 Å². The molecule has 0 heterocycles. The van der Waals surface area contributed by atoms with Crippen LogP contribution in [0.3, 0.4) is 0 Å². The lowest BCUT2D eigenvalue weighted by molar-refractivity contribution is 0.188. The lowest BCUT2D eigenvalue weighted by Crippen LogP contribution is -2.24. The molecule has 3 heteroatoms. The van der Waals surface area contributed by atoms with Gasteiger partial charge in [0.1, 0.15) is 0 Å². The summed E-state index contributed by atoms with van der Waals surface area (Å²) in [6.07, 6.45) is 1.79. The van der Waals surface area contributed by atoms with Crippen molar-refractivity contribution in [3.05, 3.63) is 34.3 Å². The van der Waals surface area contributed by atoms with Crippen LogP contribution in [0.25, 0.3) is 0 Å². The first kappa shape index (κ1) is 11.7. The van der Waals surface area contributed by atoms with Crippen LogP contribution in [0.1, 0.15) is 12.0 Å². The molecule has 0 aliphatic rings. The van der Waals surface area contributed by atoms with E-state index >= 15 is 0 Å². The first-order valence-electron chi connectivity index (χ1n) is 4.72. The van der Waals surface area contributed by atoms with Gasteiger partial charge in [-0.1, -0.05) is 34.1 Å². The summed E-state index contributed by atoms with van der Waals surface area (Å²) in [5.41, 5.74) is 7.22. The van der Waals surface area contributed by atoms with Crippen LogP contribution < -0.4 is 5.73 Å². The van der Waals surface area contributed by atoms with Crippen LogP contribution in [0.15, 0.2) is 28.7 Å². The summed E-state index contributed by atoms with van der Waals surface area (Å²) in [5, 5.41) is 0. The number of benzene rings is 1. The van der Waals surface area contributed by atoms with E-state index in [0.29, 0.717) is 0 Å². The quantitative estimate of drug-likeness (QED) is 0.879. The molecule has 0 aliphatic heterocycles. The van der Waals surface area contributed by atoms with Crippen LogP contribution >= 0.6 is 15.9 Å². The van der Waals surface area contributed by atoms with Gasteiger partial charge >= 0.3 is 0 Å². The van der Waals surface area contributed by atoms with E-state index in [0.717, 1.165) is 23.9 Å². The molecule has 1 atom stereocenters. The molecule has 14 heavy (non-hydrogen) atoms. The molecule has 1 aromatic carbocycles. The normalized spacial score (nSPS) is 12.8. The maximum atomic E-state index is 5.96. The Bertz CT molecular complexity index is 278. The van der Waals surface area contributed by atoms with E-state index in [2.05, 4.69) is 22.0 Å². The molecule has 2 N–H and O–H groups in total. The molecule has 0 aliphatic carbocycles. The van der Waals surface area contributed by atoms with Crippen molar-refractivity contribution in [2.75, 3.05) is 13.7 Å². The number of ether oxygens (including phenoxy) is 1. The van der Waals surface area contributed by atoms with Gasteiger partial charge in [0.2, 0.25) is 0 Å². The van der Waals surface area contributed by atoms with Crippen LogP contribution in [0.5, 0.6) is 0 Å². The Kier molecular flexibility index (Phi) is 5.15. The number of nitrogens with two attached hydrogens (primary N) is 1. The predicted octanol–water partition coefficient (Wildman–Crippen LogP) is 2.36. The standard InChI is InChI=1S/C11H16BrNO/c1-14-7-6-10(13)8-9-4-2-3-5-11(9)12/h2-5,10H,6-8,13H2,1H3. The summed E-state index contributed by atoms with van der Waals surface area (Å²) >= 11 is 3.51. The SMILES string of the molecule is COCCC(N)Cc1ccccc1Br. The maximum Gasteiger partial charge on any atom is 0.0477 e. The molecule has 1 unspecified atom stereocenters. The minimum atomic E-state index is 0.175. The Morgan fingerprint density at radius 3 is 2.79 bits per heavy atom. The second-order valence-corrected chi connectivity index (χ2v) is 4.19. The van der Waals surface area contributed by atoms with E-state index in [1.54, 1.807) is 7.11 Å². The highest BCUT2D eigenvalue weighted by Crippen LogP contribution is 2.17. The van der Waals surface area contributed by atoms with E-state index in [4.69, 9.17) is 10.5 Å². The van der Waals surface area contributed by atoms with E-state index < -0.39 is 0 Å². The predicted molar refractivity (Wildman–Crippen MR) is 62.3 cm³/mol. The maximum absolute atomic E-state index is 5.96. The van der Waals surface area contributed by atoms with Crippen molar-refractivity contribution in [1.29, 1.82) is 0 Å². The van der Waals surface area contributed by atoms with Crippen molar-refractivity contribution in [3.8, 4) is 0 Å². The Labute approximate surface area is 93.6 Å². The number of methoxy groups -OCH3 is 1. The number of rotatable bonds is 5. The number of halogens is 1. The Hall–Kier alpha value is -0.380. The summed E-state index contributed by atoms with van der Waals surface area (Å²) in [5.74, 6) is 0. The van der Waals surface area contributed by atoms with Gasteiger partial charge in [0.25, 0.3) is 0 Å². The molecule has 1 rings (SSSR count). The minimum Gasteiger partial charge on any atom is -0.385 e. The van der Waals surface area contributed by atoms with Gasteiger partial charge in [-0.2, -0.15) is 0 Å². The van der Waals surface area contributed by atoms with Gasteiger partial charge in [-0.25, -0.2) is 0 Å². The molecule has 0 spiro atoms. The topological polar surface area (TPSA) is 35.2 Å². The fourth-order valence-corrected chi connectivity index (χ4v) is 1.76. The summed E-state index contributed by atoms with van der Waals surface area (Å²) in [6.45, 7) is 0.728. The Morgan fingerprint density at radius 1 is 1.43 bits per heavy atom. The molecular formula is C11H16BrNO. The molecule has 0 fully saturated rings. The number of hydrogen-bond donors (Lipinski definition) is 1. The zero-order chi connectivity index (χ0) is 10.4. The third kappa shape index (κ3) is 3.78. The van der Waals surface area contributed by atoms with Crippen molar-refractivity contribution in [2.45, 2.75) is 18.9 Å². The second-order valence-electron chi connectivity index (χ2n) is 3.34. The van der Waals surface area contributed by atoms with E-state index in [-0.39, 0.29) is 6.04 Å². The third-order valence-corrected chi connectivity index (χ3v) is 2.91. The molecule has 0 aromatic heterocycles. The smallest absolute Gasteiger partial charge is 0.0477 e. The first-order valence-corrected chi connectivity index (χ1v) is 5.51. The molecular weight excluding hydrogens is 242 g/mol. The highest BCUT2D eigenvalue weighted by atomic mass is 79.9. The first-order chi connectivity index (χ1) is 6.74. The fraction of sp³-hybridized carbons (Fsp3) is 0.455. The summed E-state index contributed by atoms with van der Waals surface area (Å²) in [6, 6.07) is 8.35. The second kappa shape index (κ2) is 6.17. The molecule has 78 valence electrons. The Morgan fingerprint density at radius 2 is 2.14 bits per heavy atom. The third-order valence-electron chi connectivity index (χ3n) is 2.13. The van der Waals surface area contributed by atoms with Crippen molar-refractivity contribution in [3.63, 3.8) is 0 Å². The highest BCUT2D eigenvalue weighted by molar-refractivity contribution is 9.10. The zero-order valence-corrected chi connectivity index (χ0v) is 9.96. The zero-order valence-electron chi connectivity index (χ0n) is 8.37. The lowest BCUT2D eigenvalue weighted by atomic mass is 10.0. The van der Waals surface area contributed by atoms with Crippen molar-refractivity contribution in [1.82, 2.24) is 0 Å². The molecule has 0 bridgehead atoms. The van der Waals surface area contributed by atoms with Gasteiger partial charge in [0, 0.05) is 24.2 Å². The average Bonchev–Trinajstić information content (AvgIpc) is 2.18. The van der Waals surface area contributed by atoms with Crippen molar-refractivity contribution >= 4 is 15.9 Å². The van der Waals surface area contributed by atoms with E-state index in [9.17, 15) is 0 Å². The van der Waals surface area contributed by atoms with Gasteiger partial charge in [-0.05, 0) is 24.5 Å². The molecule has 0 radical (unpaired) electrons. The fourth-order valence-electron chi connectivity index (χ4n) is 1.32. The molecule has 0 saturated heterocycles. The van der Waals surface area contributed by atoms with Crippen molar-refractivity contribution < 1.29 is 4.74 Å². The Balaban J connectivity index is 2.47. The largest absolute Gasteiger partial charge is 0.385 e. The van der Waals surface area contributed by atoms with Gasteiger partial charge in [-0.15, -0.1) is 0 Å². The molecule has 0 amide bonds. The van der Waals surface area contributed by atoms with Crippen molar-refractivity contribution in [2.24, 2.45) is 5.73 Å². The monoisotopic (exact) mass is 257 g/mol. The average molecular weight is 258 g/mol. The minimum absolute atomic E-state index is 0.175. The van der Waals surface area contributed by atoms with Crippen LogP contribution in [0, 0.1) is 0 Å². The van der Waals surface area contributed by atoms with E-state index in [1.165, 1.54) is 5.56 Å². The van der Waals surface area contributed by atoms with Gasteiger partial charge in [0.15, 0.2) is 0 Å². The summed E-state index contributed by atoms with van der Waals surface area (Å²) in [7, 11) is 1.70. The van der Waals surface area contributed by atoms with Crippen LogP contribution in [0.2, 0.25) is 0 Å². The van der Waals surface area contributed by atoms with Gasteiger partial charge < -0.3 is 10.5 Å². The van der Waals surface area contributed by atoms with E-state index in [1.807, 2.05) is 18.2 Å². The number of hydrogen-bond acceptors (Lipinski definition) is 2. The van der Waals surface area contributed by atoms with Crippen LogP contribution in [-0.2, 0) is 11.2 Å². The van der Waals surface area contributed by atoms with Crippen LogP contribution in [0.4, 0.5) is 0 Å². The molecule has 2 nitrogen and oxygen atoms in total. The highest BCUT2D eigenvalue weighted by Gasteiger charge is 2.05.